The Labute approximate surface area is 110 Å². The van der Waals surface area contributed by atoms with E-state index in [9.17, 15) is 4.79 Å². The molecule has 0 aromatic carbocycles. The number of rotatable bonds is 5. The van der Waals surface area contributed by atoms with Crippen LogP contribution in [0.5, 0.6) is 0 Å². The van der Waals surface area contributed by atoms with Gasteiger partial charge in [0, 0.05) is 18.9 Å². The molecule has 0 aliphatic heterocycles. The first kappa shape index (κ1) is 14.0. The summed E-state index contributed by atoms with van der Waals surface area (Å²) in [5.41, 5.74) is 0.815. The molecular formula is C12H12ClN3O2. The van der Waals surface area contributed by atoms with Crippen LogP contribution in [0.3, 0.4) is 0 Å². The van der Waals surface area contributed by atoms with Gasteiger partial charge in [0.15, 0.2) is 5.57 Å². The zero-order valence-electron chi connectivity index (χ0n) is 9.81. The highest BCUT2D eigenvalue weighted by Crippen LogP contribution is 2.05. The summed E-state index contributed by atoms with van der Waals surface area (Å²) in [7, 11) is 0. The molecule has 5 nitrogen and oxygen atoms in total. The van der Waals surface area contributed by atoms with Crippen LogP contribution in [-0.2, 0) is 16.1 Å². The van der Waals surface area contributed by atoms with Crippen LogP contribution in [0.4, 0.5) is 0 Å². The number of carbonyl (C=O) groups is 1. The van der Waals surface area contributed by atoms with Gasteiger partial charge in [0.1, 0.15) is 11.2 Å². The van der Waals surface area contributed by atoms with E-state index in [1.54, 1.807) is 31.3 Å². The van der Waals surface area contributed by atoms with Gasteiger partial charge in [-0.25, -0.2) is 9.78 Å². The zero-order valence-corrected chi connectivity index (χ0v) is 10.6. The van der Waals surface area contributed by atoms with Crippen molar-refractivity contribution in [2.24, 2.45) is 0 Å². The molecule has 0 spiro atoms. The van der Waals surface area contributed by atoms with Crippen molar-refractivity contribution in [3.63, 3.8) is 0 Å². The lowest BCUT2D eigenvalue weighted by Gasteiger charge is -2.02. The fourth-order valence-electron chi connectivity index (χ4n) is 1.13. The Kier molecular flexibility index (Phi) is 5.68. The van der Waals surface area contributed by atoms with Gasteiger partial charge in [0.25, 0.3) is 0 Å². The van der Waals surface area contributed by atoms with E-state index >= 15 is 0 Å². The molecule has 0 atom stereocenters. The molecule has 94 valence electrons. The van der Waals surface area contributed by atoms with Crippen molar-refractivity contribution < 1.29 is 9.53 Å². The number of nitrogens with zero attached hydrogens (tertiary/aromatic N) is 2. The molecule has 0 aliphatic carbocycles. The summed E-state index contributed by atoms with van der Waals surface area (Å²) >= 11 is 5.65. The van der Waals surface area contributed by atoms with E-state index in [2.05, 4.69) is 10.3 Å². The van der Waals surface area contributed by atoms with E-state index in [1.165, 1.54) is 6.20 Å². The second kappa shape index (κ2) is 7.30. The molecule has 6 heteroatoms. The first-order valence-electron chi connectivity index (χ1n) is 5.28. The number of hydrogen-bond donors (Lipinski definition) is 1. The number of nitriles is 1. The van der Waals surface area contributed by atoms with Crippen LogP contribution in [0.1, 0.15) is 12.5 Å². The Balaban J connectivity index is 2.55. The van der Waals surface area contributed by atoms with Gasteiger partial charge in [-0.15, -0.1) is 0 Å². The minimum atomic E-state index is -0.637. The van der Waals surface area contributed by atoms with E-state index in [0.29, 0.717) is 11.7 Å². The van der Waals surface area contributed by atoms with Crippen LogP contribution in [0.2, 0.25) is 5.15 Å². The van der Waals surface area contributed by atoms with Crippen LogP contribution >= 0.6 is 11.6 Å². The quantitative estimate of drug-likeness (QED) is 0.380. The summed E-state index contributed by atoms with van der Waals surface area (Å²) in [6, 6.07) is 5.23. The number of ether oxygens (including phenoxy) is 1. The van der Waals surface area contributed by atoms with Crippen LogP contribution in [0.25, 0.3) is 0 Å². The van der Waals surface area contributed by atoms with Gasteiger partial charge in [-0.1, -0.05) is 17.7 Å². The molecule has 0 aliphatic rings. The minimum absolute atomic E-state index is 0.0706. The maximum Gasteiger partial charge on any atom is 0.350 e. The van der Waals surface area contributed by atoms with E-state index in [0.717, 1.165) is 5.56 Å². The first-order chi connectivity index (χ1) is 8.67. The second-order valence-corrected chi connectivity index (χ2v) is 3.65. The van der Waals surface area contributed by atoms with Gasteiger partial charge in [-0.3, -0.25) is 0 Å². The average Bonchev–Trinajstić information content (AvgIpc) is 2.37. The molecule has 1 aromatic heterocycles. The lowest BCUT2D eigenvalue weighted by atomic mass is 10.3. The normalized spacial score (nSPS) is 10.6. The maximum absolute atomic E-state index is 11.3. The van der Waals surface area contributed by atoms with Gasteiger partial charge >= 0.3 is 5.97 Å². The van der Waals surface area contributed by atoms with Crippen molar-refractivity contribution >= 4 is 17.6 Å². The number of nitrogens with one attached hydrogen (secondary N) is 1. The van der Waals surface area contributed by atoms with Crippen LogP contribution in [0.15, 0.2) is 30.1 Å². The monoisotopic (exact) mass is 265 g/mol. The van der Waals surface area contributed by atoms with Crippen molar-refractivity contribution in [3.8, 4) is 6.07 Å². The molecule has 0 saturated heterocycles. The number of aromatic nitrogens is 1. The lowest BCUT2D eigenvalue weighted by Crippen LogP contribution is -2.12. The summed E-state index contributed by atoms with van der Waals surface area (Å²) < 4.78 is 4.71. The van der Waals surface area contributed by atoms with Gasteiger partial charge < -0.3 is 10.1 Å². The summed E-state index contributed by atoms with van der Waals surface area (Å²) in [6.07, 6.45) is 2.94. The van der Waals surface area contributed by atoms with Gasteiger partial charge in [0.2, 0.25) is 0 Å². The fourth-order valence-corrected chi connectivity index (χ4v) is 1.24. The maximum atomic E-state index is 11.3. The summed E-state index contributed by atoms with van der Waals surface area (Å²) in [4.78, 5) is 15.2. The third-order valence-corrected chi connectivity index (χ3v) is 2.18. The van der Waals surface area contributed by atoms with Crippen molar-refractivity contribution in [1.82, 2.24) is 10.3 Å². The van der Waals surface area contributed by atoms with Crippen LogP contribution in [-0.4, -0.2) is 17.6 Å². The van der Waals surface area contributed by atoms with E-state index in [-0.39, 0.29) is 12.2 Å². The van der Waals surface area contributed by atoms with Crippen LogP contribution < -0.4 is 5.32 Å². The highest BCUT2D eigenvalue weighted by molar-refractivity contribution is 6.29. The smallest absolute Gasteiger partial charge is 0.350 e. The molecule has 0 radical (unpaired) electrons. The summed E-state index contributed by atoms with van der Waals surface area (Å²) in [6.45, 7) is 2.35. The Hall–Kier alpha value is -2.06. The predicted molar refractivity (Wildman–Crippen MR) is 66.4 cm³/mol. The minimum Gasteiger partial charge on any atom is -0.462 e. The lowest BCUT2D eigenvalue weighted by molar-refractivity contribution is -0.138. The van der Waals surface area contributed by atoms with Crippen molar-refractivity contribution in [1.29, 1.82) is 5.26 Å². The summed E-state index contributed by atoms with van der Waals surface area (Å²) in [5.74, 6) is -0.637. The van der Waals surface area contributed by atoms with Gasteiger partial charge in [-0.2, -0.15) is 5.26 Å². The third-order valence-electron chi connectivity index (χ3n) is 1.96. The first-order valence-corrected chi connectivity index (χ1v) is 5.66. The third kappa shape index (κ3) is 4.44. The molecule has 0 saturated carbocycles. The predicted octanol–water partition coefficient (Wildman–Crippen LogP) is 1.80. The Morgan fingerprint density at radius 1 is 1.67 bits per heavy atom. The molecular weight excluding hydrogens is 254 g/mol. The van der Waals surface area contributed by atoms with E-state index < -0.39 is 5.97 Å². The molecule has 0 amide bonds. The van der Waals surface area contributed by atoms with Crippen molar-refractivity contribution in [3.05, 3.63) is 40.8 Å². The SMILES string of the molecule is CCOC(=O)/C(C#N)=C\NCc1ccc(Cl)nc1. The number of carbonyl (C=O) groups excluding carboxylic acids is 1. The number of pyridine rings is 1. The molecule has 1 aromatic rings. The number of esters is 1. The van der Waals surface area contributed by atoms with Gasteiger partial charge in [-0.05, 0) is 18.6 Å². The van der Waals surface area contributed by atoms with E-state index in [1.807, 2.05) is 0 Å². The van der Waals surface area contributed by atoms with Crippen LogP contribution in [0, 0.1) is 11.3 Å². The molecule has 1 heterocycles. The topological polar surface area (TPSA) is 75.0 Å². The fraction of sp³-hybridized carbons (Fsp3) is 0.250. The molecule has 0 bridgehead atoms. The molecule has 1 rings (SSSR count). The largest absolute Gasteiger partial charge is 0.462 e. The average molecular weight is 266 g/mol. The van der Waals surface area contributed by atoms with Crippen molar-refractivity contribution in [2.45, 2.75) is 13.5 Å². The Morgan fingerprint density at radius 2 is 2.44 bits per heavy atom. The number of hydrogen-bond acceptors (Lipinski definition) is 5. The second-order valence-electron chi connectivity index (χ2n) is 3.26. The molecule has 1 N–H and O–H groups in total. The van der Waals surface area contributed by atoms with Gasteiger partial charge in [0.05, 0.1) is 6.61 Å². The van der Waals surface area contributed by atoms with E-state index in [4.69, 9.17) is 21.6 Å². The van der Waals surface area contributed by atoms with Crippen molar-refractivity contribution in [2.75, 3.05) is 6.61 Å². The standard InChI is InChI=1S/C12H12ClN3O2/c1-2-18-12(17)10(5-14)8-15-6-9-3-4-11(13)16-7-9/h3-4,7-8,15H,2,6H2,1H3/b10-8-. The zero-order chi connectivity index (χ0) is 13.4. The highest BCUT2D eigenvalue weighted by atomic mass is 35.5. The Bertz CT molecular complexity index is 477. The molecule has 18 heavy (non-hydrogen) atoms. The Morgan fingerprint density at radius 3 is 3.00 bits per heavy atom. The summed E-state index contributed by atoms with van der Waals surface area (Å²) in [5, 5.41) is 12.0. The molecule has 0 unspecified atom stereocenters. The number of halogens is 1. The highest BCUT2D eigenvalue weighted by Gasteiger charge is 2.08. The molecule has 0 fully saturated rings.